The fraction of sp³-hybridized carbons (Fsp3) is 0.571. The largest absolute Gasteiger partial charge is 0.313 e. The van der Waals surface area contributed by atoms with Crippen molar-refractivity contribution in [3.8, 4) is 0 Å². The maximum absolute atomic E-state index is 12.3. The second-order valence-corrected chi connectivity index (χ2v) is 7.30. The van der Waals surface area contributed by atoms with E-state index in [-0.39, 0.29) is 6.04 Å². The van der Waals surface area contributed by atoms with Gasteiger partial charge in [0.1, 0.15) is 0 Å². The van der Waals surface area contributed by atoms with E-state index in [1.807, 2.05) is 40.0 Å². The van der Waals surface area contributed by atoms with Crippen LogP contribution >= 0.6 is 0 Å². The van der Waals surface area contributed by atoms with Crippen LogP contribution in [0.2, 0.25) is 0 Å². The molecule has 0 bridgehead atoms. The van der Waals surface area contributed by atoms with Crippen LogP contribution in [0.4, 0.5) is 0 Å². The van der Waals surface area contributed by atoms with Gasteiger partial charge < -0.3 is 5.32 Å². The minimum absolute atomic E-state index is 0.213. The molecule has 19 heavy (non-hydrogen) atoms. The topological polar surface area (TPSA) is 49.4 Å². The third-order valence-electron chi connectivity index (χ3n) is 3.14. The van der Waals surface area contributed by atoms with Gasteiger partial charge in [-0.25, -0.2) is 12.7 Å². The molecule has 1 unspecified atom stereocenters. The molecule has 0 aliphatic carbocycles. The Morgan fingerprint density at radius 3 is 2.11 bits per heavy atom. The first-order chi connectivity index (χ1) is 8.78. The van der Waals surface area contributed by atoms with Gasteiger partial charge in [-0.15, -0.1) is 0 Å². The first kappa shape index (κ1) is 16.1. The summed E-state index contributed by atoms with van der Waals surface area (Å²) in [5.74, 6) is 0.309. The van der Waals surface area contributed by atoms with Gasteiger partial charge in [0.05, 0.1) is 4.90 Å². The van der Waals surface area contributed by atoms with Crippen LogP contribution in [0.3, 0.4) is 0 Å². The summed E-state index contributed by atoms with van der Waals surface area (Å²) in [5.41, 5.74) is 1.08. The number of benzene rings is 1. The zero-order chi connectivity index (χ0) is 14.6. The highest BCUT2D eigenvalue weighted by atomic mass is 32.2. The minimum atomic E-state index is -3.37. The van der Waals surface area contributed by atoms with Crippen LogP contribution in [-0.2, 0) is 10.0 Å². The van der Waals surface area contributed by atoms with Crippen molar-refractivity contribution in [2.75, 3.05) is 20.6 Å². The lowest BCUT2D eigenvalue weighted by Crippen LogP contribution is -2.30. The van der Waals surface area contributed by atoms with Crippen molar-refractivity contribution in [1.29, 1.82) is 0 Å². The van der Waals surface area contributed by atoms with Gasteiger partial charge in [0, 0.05) is 19.6 Å². The van der Waals surface area contributed by atoms with Gasteiger partial charge in [-0.1, -0.05) is 26.0 Å². The highest BCUT2D eigenvalue weighted by Gasteiger charge is 2.21. The second-order valence-electron chi connectivity index (χ2n) is 5.26. The van der Waals surface area contributed by atoms with Crippen LogP contribution < -0.4 is 5.32 Å². The van der Waals surface area contributed by atoms with E-state index in [0.717, 1.165) is 5.56 Å². The summed E-state index contributed by atoms with van der Waals surface area (Å²) in [7, 11) is 0.135. The van der Waals surface area contributed by atoms with E-state index in [1.165, 1.54) is 4.31 Å². The summed E-state index contributed by atoms with van der Waals surface area (Å²) >= 11 is 0. The number of nitrogens with one attached hydrogen (secondary N) is 1. The molecule has 0 saturated carbocycles. The van der Waals surface area contributed by atoms with Gasteiger partial charge in [-0.05, 0) is 37.6 Å². The Labute approximate surface area is 116 Å². The van der Waals surface area contributed by atoms with Crippen molar-refractivity contribution in [2.24, 2.45) is 5.92 Å². The summed E-state index contributed by atoms with van der Waals surface area (Å²) in [6.07, 6.45) is 0. The number of rotatable bonds is 6. The Kier molecular flexibility index (Phi) is 5.52. The predicted octanol–water partition coefficient (Wildman–Crippen LogP) is 2.24. The monoisotopic (exact) mass is 284 g/mol. The van der Waals surface area contributed by atoms with Crippen LogP contribution in [0.15, 0.2) is 29.2 Å². The normalized spacial score (nSPS) is 14.1. The lowest BCUT2D eigenvalue weighted by molar-refractivity contribution is 0.417. The molecular formula is C14H24N2O2S. The van der Waals surface area contributed by atoms with Crippen molar-refractivity contribution < 1.29 is 8.42 Å². The third kappa shape index (κ3) is 4.03. The molecule has 1 rings (SSSR count). The molecule has 108 valence electrons. The first-order valence-electron chi connectivity index (χ1n) is 6.52. The number of hydrogen-bond donors (Lipinski definition) is 1. The van der Waals surface area contributed by atoms with E-state index in [0.29, 0.717) is 17.4 Å². The van der Waals surface area contributed by atoms with Crippen molar-refractivity contribution in [1.82, 2.24) is 9.62 Å². The Morgan fingerprint density at radius 1 is 1.16 bits per heavy atom. The molecule has 0 fully saturated rings. The lowest BCUT2D eigenvalue weighted by atomic mass is 10.1. The fourth-order valence-electron chi connectivity index (χ4n) is 1.89. The highest BCUT2D eigenvalue weighted by molar-refractivity contribution is 7.89. The summed E-state index contributed by atoms with van der Waals surface area (Å²) in [6, 6.07) is 7.28. The van der Waals surface area contributed by atoms with Gasteiger partial charge >= 0.3 is 0 Å². The molecule has 5 heteroatoms. The second kappa shape index (κ2) is 6.50. The molecule has 1 atom stereocenters. The fourth-order valence-corrected chi connectivity index (χ4v) is 3.22. The van der Waals surface area contributed by atoms with Crippen molar-refractivity contribution in [3.05, 3.63) is 29.8 Å². The van der Waals surface area contributed by atoms with Gasteiger partial charge in [0.15, 0.2) is 0 Å². The zero-order valence-corrected chi connectivity index (χ0v) is 13.2. The molecular weight excluding hydrogens is 260 g/mol. The summed E-state index contributed by atoms with van der Waals surface area (Å²) in [6.45, 7) is 6.57. The molecule has 0 aliphatic rings. The number of sulfonamides is 1. The quantitative estimate of drug-likeness (QED) is 0.871. The predicted molar refractivity (Wildman–Crippen MR) is 78.6 cm³/mol. The average molecular weight is 284 g/mol. The molecule has 0 heterocycles. The van der Waals surface area contributed by atoms with Crippen molar-refractivity contribution in [3.63, 3.8) is 0 Å². The van der Waals surface area contributed by atoms with Gasteiger partial charge in [0.25, 0.3) is 0 Å². The van der Waals surface area contributed by atoms with Gasteiger partial charge in [-0.2, -0.15) is 0 Å². The maximum atomic E-state index is 12.3. The molecule has 0 saturated heterocycles. The molecule has 0 aliphatic heterocycles. The zero-order valence-electron chi connectivity index (χ0n) is 12.3. The number of nitrogens with zero attached hydrogens (tertiary/aromatic N) is 1. The van der Waals surface area contributed by atoms with E-state index >= 15 is 0 Å². The van der Waals surface area contributed by atoms with E-state index in [2.05, 4.69) is 5.32 Å². The molecule has 1 aromatic rings. The minimum Gasteiger partial charge on any atom is -0.313 e. The Morgan fingerprint density at radius 2 is 1.68 bits per heavy atom. The van der Waals surface area contributed by atoms with Gasteiger partial charge in [-0.3, -0.25) is 0 Å². The smallest absolute Gasteiger partial charge is 0.242 e. The Balaban J connectivity index is 2.96. The van der Waals surface area contributed by atoms with E-state index in [4.69, 9.17) is 0 Å². The van der Waals surface area contributed by atoms with E-state index < -0.39 is 10.0 Å². The van der Waals surface area contributed by atoms with Crippen LogP contribution in [0.1, 0.15) is 32.4 Å². The molecule has 1 N–H and O–H groups in total. The number of hydrogen-bond acceptors (Lipinski definition) is 3. The Hall–Kier alpha value is -0.910. The van der Waals surface area contributed by atoms with Crippen LogP contribution in [0.25, 0.3) is 0 Å². The summed E-state index contributed by atoms with van der Waals surface area (Å²) in [4.78, 5) is 0.350. The van der Waals surface area contributed by atoms with Crippen LogP contribution in [0.5, 0.6) is 0 Å². The molecule has 4 nitrogen and oxygen atoms in total. The van der Waals surface area contributed by atoms with Crippen LogP contribution in [-0.4, -0.2) is 33.4 Å². The SMILES string of the molecule is CNC(C)c1ccc(S(=O)(=O)N(C)CC(C)C)cc1. The lowest BCUT2D eigenvalue weighted by Gasteiger charge is -2.19. The van der Waals surface area contributed by atoms with E-state index in [9.17, 15) is 8.42 Å². The standard InChI is InChI=1S/C14H24N2O2S/c1-11(2)10-16(5)19(17,18)14-8-6-13(7-9-14)12(3)15-4/h6-9,11-12,15H,10H2,1-5H3. The molecule has 1 aromatic carbocycles. The van der Waals surface area contributed by atoms with Gasteiger partial charge in [0.2, 0.25) is 10.0 Å². The molecule has 0 spiro atoms. The highest BCUT2D eigenvalue weighted by Crippen LogP contribution is 2.19. The van der Waals surface area contributed by atoms with Crippen molar-refractivity contribution in [2.45, 2.75) is 31.7 Å². The summed E-state index contributed by atoms with van der Waals surface area (Å²) in [5, 5.41) is 3.13. The molecule has 0 aromatic heterocycles. The molecule has 0 radical (unpaired) electrons. The average Bonchev–Trinajstić information content (AvgIpc) is 2.37. The van der Waals surface area contributed by atoms with Crippen molar-refractivity contribution >= 4 is 10.0 Å². The maximum Gasteiger partial charge on any atom is 0.242 e. The third-order valence-corrected chi connectivity index (χ3v) is 4.98. The first-order valence-corrected chi connectivity index (χ1v) is 7.96. The Bertz CT molecular complexity index is 495. The van der Waals surface area contributed by atoms with E-state index in [1.54, 1.807) is 19.2 Å². The summed E-state index contributed by atoms with van der Waals surface area (Å²) < 4.78 is 26.1. The van der Waals surface area contributed by atoms with Crippen LogP contribution in [0, 0.1) is 5.92 Å². The molecule has 0 amide bonds.